The number of rotatable bonds is 6. The molecule has 0 aromatic carbocycles. The van der Waals surface area contributed by atoms with Gasteiger partial charge in [-0.05, 0) is 56.6 Å². The molecule has 1 fully saturated rings. The average molecular weight is 398 g/mol. The molecule has 5 heteroatoms. The van der Waals surface area contributed by atoms with Gasteiger partial charge in [-0.2, -0.15) is 0 Å². The number of hydroxylamine groups is 2. The first kappa shape index (κ1) is 22.6. The highest BCUT2D eigenvalue weighted by Gasteiger charge is 2.32. The van der Waals surface area contributed by atoms with E-state index in [-0.39, 0.29) is 18.3 Å². The summed E-state index contributed by atoms with van der Waals surface area (Å²) < 4.78 is 0. The lowest BCUT2D eigenvalue weighted by atomic mass is 9.72. The maximum absolute atomic E-state index is 11.9. The monoisotopic (exact) mass is 397 g/mol. The number of allylic oxidation sites excluding steroid dienone is 9. The largest absolute Gasteiger partial charge is 0.357 e. The van der Waals surface area contributed by atoms with Gasteiger partial charge < -0.3 is 4.84 Å². The molecule has 156 valence electrons. The Kier molecular flexibility index (Phi) is 7.54. The van der Waals surface area contributed by atoms with Gasteiger partial charge in [0.05, 0.1) is 0 Å². The second-order valence-corrected chi connectivity index (χ2v) is 8.42. The van der Waals surface area contributed by atoms with Crippen LogP contribution in [-0.2, 0) is 19.2 Å². The van der Waals surface area contributed by atoms with Crippen molar-refractivity contribution in [1.29, 1.82) is 0 Å². The first-order chi connectivity index (χ1) is 13.6. The van der Waals surface area contributed by atoms with Crippen LogP contribution in [0.4, 0.5) is 0 Å². The molecule has 0 unspecified atom stereocenters. The molecule has 1 saturated heterocycles. The fourth-order valence-corrected chi connectivity index (χ4v) is 3.64. The van der Waals surface area contributed by atoms with Crippen molar-refractivity contribution in [3.8, 4) is 0 Å². The van der Waals surface area contributed by atoms with Crippen molar-refractivity contribution in [3.05, 3.63) is 58.7 Å². The molecule has 0 aromatic rings. The number of nitrogens with zero attached hydrogens (tertiary/aromatic N) is 1. The van der Waals surface area contributed by atoms with E-state index in [2.05, 4.69) is 32.9 Å². The molecule has 5 nitrogen and oxygen atoms in total. The summed E-state index contributed by atoms with van der Waals surface area (Å²) in [5, 5.41) is 0.550. The van der Waals surface area contributed by atoms with E-state index in [4.69, 9.17) is 4.84 Å². The van der Waals surface area contributed by atoms with Gasteiger partial charge in [0.2, 0.25) is 0 Å². The third kappa shape index (κ3) is 6.41. The number of hydrogen-bond acceptors (Lipinski definition) is 4. The minimum absolute atomic E-state index is 0.0832. The molecule has 1 aliphatic heterocycles. The molecule has 0 spiro atoms. The highest BCUT2D eigenvalue weighted by Crippen LogP contribution is 2.40. The van der Waals surface area contributed by atoms with Gasteiger partial charge >= 0.3 is 5.97 Å². The van der Waals surface area contributed by atoms with Crippen LogP contribution < -0.4 is 0 Å². The second-order valence-electron chi connectivity index (χ2n) is 8.42. The number of hydrogen-bond donors (Lipinski definition) is 0. The van der Waals surface area contributed by atoms with E-state index < -0.39 is 17.8 Å². The topological polar surface area (TPSA) is 63.7 Å². The van der Waals surface area contributed by atoms with E-state index in [0.29, 0.717) is 10.6 Å². The number of carbonyl (C=O) groups is 3. The standard InChI is InChI=1S/C24H31NO4/c1-17(11-12-20-19(3)10-7-15-24(20,4)5)8-6-9-18(2)16-23(28)29-25-21(26)13-14-22(25)27/h6,8-9,11-12,16H,7,10,13-15H2,1-5H3/b9-6+,12-11-,17-8-,18-16+. The molecular weight excluding hydrogens is 366 g/mol. The maximum atomic E-state index is 11.9. The molecule has 0 bridgehead atoms. The van der Waals surface area contributed by atoms with Gasteiger partial charge in [0, 0.05) is 18.9 Å². The molecule has 0 aromatic heterocycles. The molecule has 0 saturated carbocycles. The van der Waals surface area contributed by atoms with Crippen molar-refractivity contribution >= 4 is 17.8 Å². The zero-order valence-corrected chi connectivity index (χ0v) is 18.1. The van der Waals surface area contributed by atoms with Crippen LogP contribution in [0.3, 0.4) is 0 Å². The molecule has 2 aliphatic rings. The normalized spacial score (nSPS) is 21.1. The van der Waals surface area contributed by atoms with Gasteiger partial charge in [-0.15, -0.1) is 5.06 Å². The first-order valence-electron chi connectivity index (χ1n) is 10.1. The summed E-state index contributed by atoms with van der Waals surface area (Å²) in [5.41, 5.74) is 4.87. The summed E-state index contributed by atoms with van der Waals surface area (Å²) in [7, 11) is 0. The van der Waals surface area contributed by atoms with Gasteiger partial charge in [0.1, 0.15) is 0 Å². The first-order valence-corrected chi connectivity index (χ1v) is 10.1. The summed E-state index contributed by atoms with van der Waals surface area (Å²) in [6.07, 6.45) is 15.0. The molecule has 0 atom stereocenters. The molecule has 1 aliphatic carbocycles. The lowest BCUT2D eigenvalue weighted by molar-refractivity contribution is -0.193. The van der Waals surface area contributed by atoms with Crippen LogP contribution in [-0.4, -0.2) is 22.8 Å². The molecular formula is C24H31NO4. The molecule has 2 rings (SSSR count). The SMILES string of the molecule is CC1=C(\C=C/C(C)=C\C=C\C(C)=C\C(=O)ON2C(=O)CCC2=O)C(C)(C)CCC1. The summed E-state index contributed by atoms with van der Waals surface area (Å²) in [5.74, 6) is -1.71. The lowest BCUT2D eigenvalue weighted by Crippen LogP contribution is -2.31. The van der Waals surface area contributed by atoms with Crippen molar-refractivity contribution in [3.63, 3.8) is 0 Å². The summed E-state index contributed by atoms with van der Waals surface area (Å²) in [6, 6.07) is 0. The fourth-order valence-electron chi connectivity index (χ4n) is 3.64. The second kappa shape index (κ2) is 9.68. The molecule has 1 heterocycles. The summed E-state index contributed by atoms with van der Waals surface area (Å²) in [4.78, 5) is 39.6. The molecule has 0 N–H and O–H groups in total. The molecule has 0 radical (unpaired) electrons. The van der Waals surface area contributed by atoms with Crippen molar-refractivity contribution in [2.75, 3.05) is 0 Å². The van der Waals surface area contributed by atoms with Crippen molar-refractivity contribution in [2.24, 2.45) is 5.41 Å². The Morgan fingerprint density at radius 1 is 1.03 bits per heavy atom. The van der Waals surface area contributed by atoms with Gasteiger partial charge in [-0.3, -0.25) is 9.59 Å². The fraction of sp³-hybridized carbons (Fsp3) is 0.458. The summed E-state index contributed by atoms with van der Waals surface area (Å²) >= 11 is 0. The van der Waals surface area contributed by atoms with Gasteiger partial charge in [-0.1, -0.05) is 55.4 Å². The van der Waals surface area contributed by atoms with Crippen LogP contribution in [0.5, 0.6) is 0 Å². The van der Waals surface area contributed by atoms with Gasteiger partial charge in [-0.25, -0.2) is 4.79 Å². The zero-order valence-electron chi connectivity index (χ0n) is 18.1. The molecule has 2 amide bonds. The Labute approximate surface area is 173 Å². The quantitative estimate of drug-likeness (QED) is 0.354. The molecule has 29 heavy (non-hydrogen) atoms. The van der Waals surface area contributed by atoms with E-state index in [1.54, 1.807) is 13.0 Å². The van der Waals surface area contributed by atoms with Crippen molar-refractivity contribution in [2.45, 2.75) is 66.7 Å². The van der Waals surface area contributed by atoms with Crippen molar-refractivity contribution < 1.29 is 19.2 Å². The van der Waals surface area contributed by atoms with Crippen LogP contribution in [0.15, 0.2) is 58.7 Å². The van der Waals surface area contributed by atoms with E-state index in [0.717, 1.165) is 5.57 Å². The smallest absolute Gasteiger partial charge is 0.326 e. The van der Waals surface area contributed by atoms with E-state index >= 15 is 0 Å². The predicted molar refractivity (Wildman–Crippen MR) is 113 cm³/mol. The zero-order chi connectivity index (χ0) is 21.6. The predicted octanol–water partition coefficient (Wildman–Crippen LogP) is 5.13. The lowest BCUT2D eigenvalue weighted by Gasteiger charge is -2.32. The van der Waals surface area contributed by atoms with E-state index in [1.165, 1.54) is 36.5 Å². The van der Waals surface area contributed by atoms with Crippen molar-refractivity contribution in [1.82, 2.24) is 5.06 Å². The van der Waals surface area contributed by atoms with E-state index in [1.807, 2.05) is 19.1 Å². The van der Waals surface area contributed by atoms with Crippen LogP contribution in [0.25, 0.3) is 0 Å². The highest BCUT2D eigenvalue weighted by molar-refractivity contribution is 6.02. The highest BCUT2D eigenvalue weighted by atomic mass is 16.7. The third-order valence-electron chi connectivity index (χ3n) is 5.31. The Morgan fingerprint density at radius 3 is 2.31 bits per heavy atom. The number of carbonyl (C=O) groups excluding carboxylic acids is 3. The Balaban J connectivity index is 1.95. The summed E-state index contributed by atoms with van der Waals surface area (Å²) in [6.45, 7) is 10.6. The van der Waals surface area contributed by atoms with Crippen LogP contribution in [0.1, 0.15) is 66.7 Å². The van der Waals surface area contributed by atoms with Gasteiger partial charge in [0.25, 0.3) is 11.8 Å². The van der Waals surface area contributed by atoms with Gasteiger partial charge in [0.15, 0.2) is 0 Å². The minimum atomic E-state index is -0.738. The third-order valence-corrected chi connectivity index (χ3v) is 5.31. The average Bonchev–Trinajstić information content (AvgIpc) is 2.92. The van der Waals surface area contributed by atoms with Crippen LogP contribution in [0, 0.1) is 5.41 Å². The maximum Gasteiger partial charge on any atom is 0.357 e. The Hall–Kier alpha value is -2.69. The van der Waals surface area contributed by atoms with Crippen LogP contribution in [0.2, 0.25) is 0 Å². The Bertz CT molecular complexity index is 821. The number of amides is 2. The Morgan fingerprint density at radius 2 is 1.69 bits per heavy atom. The number of imide groups is 1. The van der Waals surface area contributed by atoms with Crippen LogP contribution >= 0.6 is 0 Å². The van der Waals surface area contributed by atoms with E-state index in [9.17, 15) is 14.4 Å². The minimum Gasteiger partial charge on any atom is -0.326 e.